The van der Waals surface area contributed by atoms with Gasteiger partial charge >= 0.3 is 0 Å². The van der Waals surface area contributed by atoms with Gasteiger partial charge in [-0.15, -0.1) is 0 Å². The van der Waals surface area contributed by atoms with Crippen molar-refractivity contribution in [2.75, 3.05) is 13.2 Å². The lowest BCUT2D eigenvalue weighted by Gasteiger charge is -2.29. The molecule has 2 fully saturated rings. The van der Waals surface area contributed by atoms with Gasteiger partial charge in [-0.3, -0.25) is 4.79 Å². The Hall–Kier alpha value is -0.610. The number of amides is 1. The topological polar surface area (TPSA) is 64.3 Å². The van der Waals surface area contributed by atoms with Crippen molar-refractivity contribution in [3.63, 3.8) is 0 Å². The maximum absolute atomic E-state index is 11.4. The second kappa shape index (κ2) is 3.64. The van der Waals surface area contributed by atoms with Crippen molar-refractivity contribution in [1.82, 2.24) is 5.32 Å². The lowest BCUT2D eigenvalue weighted by atomic mass is 10.0. The van der Waals surface area contributed by atoms with E-state index in [2.05, 4.69) is 5.32 Å². The van der Waals surface area contributed by atoms with Crippen LogP contribution in [0.1, 0.15) is 19.3 Å². The molecule has 0 aromatic heterocycles. The van der Waals surface area contributed by atoms with Gasteiger partial charge in [0.2, 0.25) is 5.91 Å². The predicted molar refractivity (Wildman–Crippen MR) is 48.1 cm³/mol. The summed E-state index contributed by atoms with van der Waals surface area (Å²) in [6.45, 7) is 1.28. The van der Waals surface area contributed by atoms with E-state index in [-0.39, 0.29) is 23.9 Å². The summed E-state index contributed by atoms with van der Waals surface area (Å²) < 4.78 is 5.19. The molecule has 1 saturated carbocycles. The van der Waals surface area contributed by atoms with E-state index in [1.807, 2.05) is 0 Å². The third kappa shape index (κ3) is 2.19. The molecule has 0 radical (unpaired) electrons. The standard InChI is InChI=1S/C9H16N2O2/c10-7-5-13-4-3-8(7)11-9(12)6-1-2-6/h6-8H,1-5,10H2,(H,11,12). The summed E-state index contributed by atoms with van der Waals surface area (Å²) in [6.07, 6.45) is 2.94. The van der Waals surface area contributed by atoms with Gasteiger partial charge in [0.05, 0.1) is 6.61 Å². The minimum Gasteiger partial charge on any atom is -0.380 e. The number of carbonyl (C=O) groups is 1. The van der Waals surface area contributed by atoms with E-state index < -0.39 is 0 Å². The Labute approximate surface area is 77.8 Å². The van der Waals surface area contributed by atoms with Crippen molar-refractivity contribution in [3.8, 4) is 0 Å². The summed E-state index contributed by atoms with van der Waals surface area (Å²) in [6, 6.07) is 0.0956. The Bertz CT molecular complexity index is 204. The molecule has 0 bridgehead atoms. The maximum atomic E-state index is 11.4. The molecule has 0 spiro atoms. The zero-order valence-electron chi connectivity index (χ0n) is 7.66. The quantitative estimate of drug-likeness (QED) is 0.615. The van der Waals surface area contributed by atoms with Crippen LogP contribution in [0.3, 0.4) is 0 Å². The van der Waals surface area contributed by atoms with Crippen molar-refractivity contribution in [2.45, 2.75) is 31.3 Å². The fourth-order valence-electron chi connectivity index (χ4n) is 1.59. The first-order chi connectivity index (χ1) is 6.27. The van der Waals surface area contributed by atoms with E-state index in [1.54, 1.807) is 0 Å². The minimum absolute atomic E-state index is 0.0311. The summed E-state index contributed by atoms with van der Waals surface area (Å²) in [5, 5.41) is 2.99. The summed E-state index contributed by atoms with van der Waals surface area (Å²) in [5.41, 5.74) is 5.81. The second-order valence-electron chi connectivity index (χ2n) is 3.92. The first-order valence-corrected chi connectivity index (χ1v) is 4.91. The molecule has 1 heterocycles. The van der Waals surface area contributed by atoms with E-state index in [4.69, 9.17) is 10.5 Å². The number of hydrogen-bond acceptors (Lipinski definition) is 3. The third-order valence-corrected chi connectivity index (χ3v) is 2.68. The predicted octanol–water partition coefficient (Wildman–Crippen LogP) is -0.371. The molecule has 1 amide bonds. The Morgan fingerprint density at radius 3 is 2.77 bits per heavy atom. The van der Waals surface area contributed by atoms with E-state index in [1.165, 1.54) is 0 Å². The van der Waals surface area contributed by atoms with Crippen LogP contribution in [0.2, 0.25) is 0 Å². The van der Waals surface area contributed by atoms with Crippen molar-refractivity contribution in [2.24, 2.45) is 11.7 Å². The highest BCUT2D eigenvalue weighted by atomic mass is 16.5. The Kier molecular flexibility index (Phi) is 2.51. The van der Waals surface area contributed by atoms with E-state index in [0.29, 0.717) is 13.2 Å². The molecule has 13 heavy (non-hydrogen) atoms. The van der Waals surface area contributed by atoms with Gasteiger partial charge in [0.25, 0.3) is 0 Å². The molecular formula is C9H16N2O2. The van der Waals surface area contributed by atoms with Gasteiger partial charge in [0.1, 0.15) is 0 Å². The molecule has 2 aliphatic rings. The summed E-state index contributed by atoms with van der Waals surface area (Å²) in [7, 11) is 0. The normalized spacial score (nSPS) is 34.2. The first-order valence-electron chi connectivity index (χ1n) is 4.91. The summed E-state index contributed by atoms with van der Waals surface area (Å²) >= 11 is 0. The zero-order valence-corrected chi connectivity index (χ0v) is 7.66. The summed E-state index contributed by atoms with van der Waals surface area (Å²) in [5.74, 6) is 0.456. The van der Waals surface area contributed by atoms with Crippen LogP contribution < -0.4 is 11.1 Å². The van der Waals surface area contributed by atoms with Gasteiger partial charge in [-0.1, -0.05) is 0 Å². The average Bonchev–Trinajstić information content (AvgIpc) is 2.91. The van der Waals surface area contributed by atoms with Crippen LogP contribution in [-0.2, 0) is 9.53 Å². The number of ether oxygens (including phenoxy) is 1. The average molecular weight is 184 g/mol. The molecule has 3 N–H and O–H groups in total. The van der Waals surface area contributed by atoms with Crippen molar-refractivity contribution in [3.05, 3.63) is 0 Å². The molecule has 1 saturated heterocycles. The molecular weight excluding hydrogens is 168 g/mol. The highest BCUT2D eigenvalue weighted by molar-refractivity contribution is 5.81. The Morgan fingerprint density at radius 2 is 2.15 bits per heavy atom. The monoisotopic (exact) mass is 184 g/mol. The van der Waals surface area contributed by atoms with Crippen molar-refractivity contribution >= 4 is 5.91 Å². The van der Waals surface area contributed by atoms with Crippen LogP contribution in [0.15, 0.2) is 0 Å². The molecule has 4 heteroatoms. The van der Waals surface area contributed by atoms with Crippen LogP contribution in [0, 0.1) is 5.92 Å². The largest absolute Gasteiger partial charge is 0.380 e. The van der Waals surface area contributed by atoms with Crippen molar-refractivity contribution in [1.29, 1.82) is 0 Å². The molecule has 74 valence electrons. The van der Waals surface area contributed by atoms with Crippen LogP contribution in [-0.4, -0.2) is 31.2 Å². The zero-order chi connectivity index (χ0) is 9.26. The minimum atomic E-state index is -0.0311. The molecule has 1 aliphatic carbocycles. The first kappa shape index (κ1) is 8.97. The van der Waals surface area contributed by atoms with Gasteiger partial charge in [0, 0.05) is 24.6 Å². The highest BCUT2D eigenvalue weighted by Gasteiger charge is 2.32. The van der Waals surface area contributed by atoms with E-state index >= 15 is 0 Å². The molecule has 2 atom stereocenters. The SMILES string of the molecule is NC1COCCC1NC(=O)C1CC1. The third-order valence-electron chi connectivity index (χ3n) is 2.68. The number of rotatable bonds is 2. The Balaban J connectivity index is 1.81. The maximum Gasteiger partial charge on any atom is 0.223 e. The molecule has 0 aromatic carbocycles. The second-order valence-corrected chi connectivity index (χ2v) is 3.92. The molecule has 2 unspecified atom stereocenters. The van der Waals surface area contributed by atoms with Crippen LogP contribution in [0.25, 0.3) is 0 Å². The fourth-order valence-corrected chi connectivity index (χ4v) is 1.59. The van der Waals surface area contributed by atoms with Gasteiger partial charge < -0.3 is 15.8 Å². The van der Waals surface area contributed by atoms with Crippen LogP contribution >= 0.6 is 0 Å². The lowest BCUT2D eigenvalue weighted by molar-refractivity contribution is -0.123. The number of hydrogen-bond donors (Lipinski definition) is 2. The molecule has 4 nitrogen and oxygen atoms in total. The number of nitrogens with two attached hydrogens (primary N) is 1. The van der Waals surface area contributed by atoms with E-state index in [9.17, 15) is 4.79 Å². The number of nitrogens with one attached hydrogen (secondary N) is 1. The van der Waals surface area contributed by atoms with Gasteiger partial charge in [0.15, 0.2) is 0 Å². The lowest BCUT2D eigenvalue weighted by Crippen LogP contribution is -2.53. The fraction of sp³-hybridized carbons (Fsp3) is 0.889. The van der Waals surface area contributed by atoms with Crippen molar-refractivity contribution < 1.29 is 9.53 Å². The number of carbonyl (C=O) groups excluding carboxylic acids is 1. The van der Waals surface area contributed by atoms with Gasteiger partial charge in [-0.25, -0.2) is 0 Å². The summed E-state index contributed by atoms with van der Waals surface area (Å²) in [4.78, 5) is 11.4. The molecule has 1 aliphatic heterocycles. The molecule has 2 rings (SSSR count). The van der Waals surface area contributed by atoms with Gasteiger partial charge in [-0.2, -0.15) is 0 Å². The smallest absolute Gasteiger partial charge is 0.223 e. The van der Waals surface area contributed by atoms with Crippen LogP contribution in [0.5, 0.6) is 0 Å². The van der Waals surface area contributed by atoms with Gasteiger partial charge in [-0.05, 0) is 19.3 Å². The van der Waals surface area contributed by atoms with E-state index in [0.717, 1.165) is 19.3 Å². The Morgan fingerprint density at radius 1 is 1.38 bits per heavy atom. The molecule has 0 aromatic rings. The van der Waals surface area contributed by atoms with Crippen LogP contribution in [0.4, 0.5) is 0 Å². The highest BCUT2D eigenvalue weighted by Crippen LogP contribution is 2.29.